The first-order valence-corrected chi connectivity index (χ1v) is 7.21. The van der Waals surface area contributed by atoms with Crippen LogP contribution in [0.15, 0.2) is 30.3 Å². The number of rotatable bonds is 7. The summed E-state index contributed by atoms with van der Waals surface area (Å²) < 4.78 is 0. The number of carbonyl (C=O) groups excluding carboxylic acids is 1. The summed E-state index contributed by atoms with van der Waals surface area (Å²) in [6.45, 7) is 5.85. The molecule has 1 rings (SSSR count). The monoisotopic (exact) mass is 292 g/mol. The summed E-state index contributed by atoms with van der Waals surface area (Å²) in [5.74, 6) is -1.42. The summed E-state index contributed by atoms with van der Waals surface area (Å²) in [7, 11) is 0. The van der Waals surface area contributed by atoms with Gasteiger partial charge in [-0.05, 0) is 19.4 Å². The predicted molar refractivity (Wildman–Crippen MR) is 81.6 cm³/mol. The first kappa shape index (κ1) is 17.2. The maximum absolute atomic E-state index is 12.6. The van der Waals surface area contributed by atoms with Crippen LogP contribution in [0.25, 0.3) is 0 Å². The molecule has 3 unspecified atom stereocenters. The van der Waals surface area contributed by atoms with Gasteiger partial charge in [0.2, 0.25) is 5.91 Å². The summed E-state index contributed by atoms with van der Waals surface area (Å²) in [6, 6.07) is 8.72. The molecule has 0 aromatic heterocycles. The van der Waals surface area contributed by atoms with Crippen LogP contribution in [-0.2, 0) is 9.59 Å². The third kappa shape index (κ3) is 4.56. The Hall–Kier alpha value is -1.88. The van der Waals surface area contributed by atoms with Gasteiger partial charge in [0, 0.05) is 18.6 Å². The van der Waals surface area contributed by atoms with Gasteiger partial charge in [-0.25, -0.2) is 0 Å². The second-order valence-corrected chi connectivity index (χ2v) is 5.30. The highest BCUT2D eigenvalue weighted by molar-refractivity contribution is 5.80. The van der Waals surface area contributed by atoms with Gasteiger partial charge < -0.3 is 15.7 Å². The normalized spacial score (nSPS) is 15.0. The van der Waals surface area contributed by atoms with Crippen LogP contribution >= 0.6 is 0 Å². The van der Waals surface area contributed by atoms with E-state index >= 15 is 0 Å². The van der Waals surface area contributed by atoms with Crippen LogP contribution in [0.3, 0.4) is 0 Å². The summed E-state index contributed by atoms with van der Waals surface area (Å²) >= 11 is 0. The number of carboxylic acid groups (broad SMARTS) is 1. The standard InChI is InChI=1S/C16H24N2O3/c1-4-18(11(2)10-14(19)20)16(21)12(3)15(17)13-8-6-5-7-9-13/h5-9,11-12,15H,4,10,17H2,1-3H3,(H,19,20). The van der Waals surface area contributed by atoms with E-state index in [1.165, 1.54) is 0 Å². The number of nitrogens with zero attached hydrogens (tertiary/aromatic N) is 1. The van der Waals surface area contributed by atoms with E-state index in [2.05, 4.69) is 0 Å². The molecule has 0 radical (unpaired) electrons. The first-order valence-electron chi connectivity index (χ1n) is 7.21. The minimum absolute atomic E-state index is 0.0626. The zero-order valence-corrected chi connectivity index (χ0v) is 12.8. The van der Waals surface area contributed by atoms with Crippen molar-refractivity contribution in [2.45, 2.75) is 39.3 Å². The largest absolute Gasteiger partial charge is 0.481 e. The molecule has 0 bridgehead atoms. The van der Waals surface area contributed by atoms with Crippen molar-refractivity contribution in [3.05, 3.63) is 35.9 Å². The van der Waals surface area contributed by atoms with Crippen molar-refractivity contribution >= 4 is 11.9 Å². The van der Waals surface area contributed by atoms with Gasteiger partial charge >= 0.3 is 5.97 Å². The van der Waals surface area contributed by atoms with E-state index in [0.717, 1.165) is 5.56 Å². The zero-order valence-electron chi connectivity index (χ0n) is 12.8. The number of nitrogens with two attached hydrogens (primary N) is 1. The molecule has 3 N–H and O–H groups in total. The fourth-order valence-corrected chi connectivity index (χ4v) is 2.43. The Morgan fingerprint density at radius 1 is 1.24 bits per heavy atom. The van der Waals surface area contributed by atoms with Gasteiger partial charge in [-0.3, -0.25) is 9.59 Å². The highest BCUT2D eigenvalue weighted by Gasteiger charge is 2.29. The highest BCUT2D eigenvalue weighted by atomic mass is 16.4. The van der Waals surface area contributed by atoms with Gasteiger partial charge in [0.25, 0.3) is 0 Å². The number of carboxylic acids is 1. The molecule has 1 amide bonds. The van der Waals surface area contributed by atoms with Gasteiger partial charge in [0.05, 0.1) is 12.3 Å². The Morgan fingerprint density at radius 2 is 1.81 bits per heavy atom. The van der Waals surface area contributed by atoms with E-state index in [9.17, 15) is 9.59 Å². The minimum Gasteiger partial charge on any atom is -0.481 e. The predicted octanol–water partition coefficient (Wildman–Crippen LogP) is 2.03. The summed E-state index contributed by atoms with van der Waals surface area (Å²) in [4.78, 5) is 25.0. The lowest BCUT2D eigenvalue weighted by molar-refractivity contribution is -0.142. The van der Waals surface area contributed by atoms with Crippen LogP contribution in [0, 0.1) is 5.92 Å². The molecule has 0 aliphatic heterocycles. The van der Waals surface area contributed by atoms with Crippen molar-refractivity contribution in [2.24, 2.45) is 11.7 Å². The van der Waals surface area contributed by atoms with Crippen LogP contribution in [0.2, 0.25) is 0 Å². The molecule has 0 fully saturated rings. The molecule has 0 saturated heterocycles. The summed E-state index contributed by atoms with van der Waals surface area (Å²) in [6.07, 6.45) is -0.0626. The van der Waals surface area contributed by atoms with Crippen LogP contribution in [0.4, 0.5) is 0 Å². The molecule has 1 aromatic carbocycles. The average Bonchev–Trinajstić information content (AvgIpc) is 2.46. The van der Waals surface area contributed by atoms with Crippen LogP contribution in [-0.4, -0.2) is 34.5 Å². The Kier molecular flexibility index (Phi) is 6.37. The first-order chi connectivity index (χ1) is 9.88. The van der Waals surface area contributed by atoms with Crippen molar-refractivity contribution in [1.29, 1.82) is 0 Å². The number of aliphatic carboxylic acids is 1. The van der Waals surface area contributed by atoms with E-state index in [-0.39, 0.29) is 18.4 Å². The van der Waals surface area contributed by atoms with E-state index in [1.807, 2.05) is 37.3 Å². The van der Waals surface area contributed by atoms with E-state index < -0.39 is 17.9 Å². The molecule has 0 aliphatic rings. The molecule has 116 valence electrons. The van der Waals surface area contributed by atoms with Gasteiger partial charge in [-0.1, -0.05) is 37.3 Å². The van der Waals surface area contributed by atoms with Crippen molar-refractivity contribution in [3.8, 4) is 0 Å². The lowest BCUT2D eigenvalue weighted by atomic mass is 9.93. The number of carbonyl (C=O) groups is 2. The van der Waals surface area contributed by atoms with Gasteiger partial charge in [-0.2, -0.15) is 0 Å². The molecular weight excluding hydrogens is 268 g/mol. The van der Waals surface area contributed by atoms with Crippen LogP contribution in [0.5, 0.6) is 0 Å². The Balaban J connectivity index is 2.82. The molecule has 0 heterocycles. The second-order valence-electron chi connectivity index (χ2n) is 5.30. The fraction of sp³-hybridized carbons (Fsp3) is 0.500. The maximum atomic E-state index is 12.6. The molecule has 0 saturated carbocycles. The molecule has 1 aromatic rings. The van der Waals surface area contributed by atoms with E-state index in [0.29, 0.717) is 6.54 Å². The van der Waals surface area contributed by atoms with Crippen LogP contribution in [0.1, 0.15) is 38.8 Å². The summed E-state index contributed by atoms with van der Waals surface area (Å²) in [5.41, 5.74) is 7.07. The lowest BCUT2D eigenvalue weighted by Gasteiger charge is -2.31. The van der Waals surface area contributed by atoms with Crippen molar-refractivity contribution in [2.75, 3.05) is 6.54 Å². The number of benzene rings is 1. The van der Waals surface area contributed by atoms with Crippen molar-refractivity contribution in [1.82, 2.24) is 4.90 Å². The van der Waals surface area contributed by atoms with Crippen molar-refractivity contribution in [3.63, 3.8) is 0 Å². The Bertz CT molecular complexity index is 476. The molecule has 3 atom stereocenters. The van der Waals surface area contributed by atoms with Crippen LogP contribution < -0.4 is 5.73 Å². The Labute approximate surface area is 125 Å². The van der Waals surface area contributed by atoms with Gasteiger partial charge in [0.15, 0.2) is 0 Å². The lowest BCUT2D eigenvalue weighted by Crippen LogP contribution is -2.44. The van der Waals surface area contributed by atoms with Gasteiger partial charge in [0.1, 0.15) is 0 Å². The smallest absolute Gasteiger partial charge is 0.305 e. The average molecular weight is 292 g/mol. The molecule has 0 aliphatic carbocycles. The second kappa shape index (κ2) is 7.78. The minimum atomic E-state index is -0.909. The highest BCUT2D eigenvalue weighted by Crippen LogP contribution is 2.22. The SMILES string of the molecule is CCN(C(=O)C(C)C(N)c1ccccc1)C(C)CC(=O)O. The summed E-state index contributed by atoms with van der Waals surface area (Å²) in [5, 5.41) is 8.87. The molecular formula is C16H24N2O3. The Morgan fingerprint density at radius 3 is 2.29 bits per heavy atom. The molecule has 5 heteroatoms. The topological polar surface area (TPSA) is 83.6 Å². The van der Waals surface area contributed by atoms with E-state index in [4.69, 9.17) is 10.8 Å². The molecule has 5 nitrogen and oxygen atoms in total. The van der Waals surface area contributed by atoms with E-state index in [1.54, 1.807) is 18.7 Å². The number of hydrogen-bond donors (Lipinski definition) is 2. The third-order valence-electron chi connectivity index (χ3n) is 3.74. The molecule has 0 spiro atoms. The number of amides is 1. The maximum Gasteiger partial charge on any atom is 0.305 e. The van der Waals surface area contributed by atoms with Gasteiger partial charge in [-0.15, -0.1) is 0 Å². The third-order valence-corrected chi connectivity index (χ3v) is 3.74. The molecule has 21 heavy (non-hydrogen) atoms. The number of hydrogen-bond acceptors (Lipinski definition) is 3. The zero-order chi connectivity index (χ0) is 16.0. The fourth-order valence-electron chi connectivity index (χ4n) is 2.43. The van der Waals surface area contributed by atoms with Crippen molar-refractivity contribution < 1.29 is 14.7 Å². The quantitative estimate of drug-likeness (QED) is 0.805.